The number of para-hydroxylation sites is 1. The molecule has 1 aromatic carbocycles. The third kappa shape index (κ3) is 2.81. The van der Waals surface area contributed by atoms with Crippen molar-refractivity contribution >= 4 is 17.4 Å². The molecule has 8 nitrogen and oxygen atoms in total. The number of nitrogens with zero attached hydrogens (tertiary/aromatic N) is 3. The lowest BCUT2D eigenvalue weighted by molar-refractivity contribution is -0.126. The van der Waals surface area contributed by atoms with E-state index in [0.29, 0.717) is 56.4 Å². The van der Waals surface area contributed by atoms with Gasteiger partial charge in [-0.3, -0.25) is 19.4 Å². The quantitative estimate of drug-likeness (QED) is 0.757. The number of fused-ring (bicyclic) bond motifs is 3. The Hall–Kier alpha value is -3.15. The Labute approximate surface area is 186 Å². The molecule has 0 unspecified atom stereocenters. The Morgan fingerprint density at radius 2 is 1.88 bits per heavy atom. The van der Waals surface area contributed by atoms with Crippen molar-refractivity contribution < 1.29 is 19.1 Å². The van der Waals surface area contributed by atoms with E-state index in [9.17, 15) is 14.9 Å². The van der Waals surface area contributed by atoms with E-state index >= 15 is 0 Å². The Morgan fingerprint density at radius 1 is 1.16 bits per heavy atom. The highest BCUT2D eigenvalue weighted by Crippen LogP contribution is 2.57. The molecule has 1 atom stereocenters. The second-order valence-electron chi connectivity index (χ2n) is 9.56. The molecule has 4 aliphatic rings. The van der Waals surface area contributed by atoms with Crippen molar-refractivity contribution in [1.29, 1.82) is 5.26 Å². The average Bonchev–Trinajstić information content (AvgIpc) is 2.97. The lowest BCUT2D eigenvalue weighted by Gasteiger charge is -2.41. The molecular formula is C24H26N4O4. The van der Waals surface area contributed by atoms with Gasteiger partial charge in [0.1, 0.15) is 22.8 Å². The zero-order valence-corrected chi connectivity index (χ0v) is 18.3. The minimum Gasteiger partial charge on any atom is -0.444 e. The number of anilines is 1. The Bertz CT molecular complexity index is 1120. The predicted molar refractivity (Wildman–Crippen MR) is 116 cm³/mol. The first kappa shape index (κ1) is 20.7. The van der Waals surface area contributed by atoms with Crippen LogP contribution in [0.4, 0.5) is 5.69 Å². The maximum absolute atomic E-state index is 14.3. The van der Waals surface area contributed by atoms with Crippen molar-refractivity contribution in [3.63, 3.8) is 0 Å². The Morgan fingerprint density at radius 3 is 2.59 bits per heavy atom. The van der Waals surface area contributed by atoms with Crippen LogP contribution in [-0.4, -0.2) is 49.6 Å². The van der Waals surface area contributed by atoms with Crippen LogP contribution in [0.25, 0.3) is 0 Å². The third-order valence-electron chi connectivity index (χ3n) is 6.79. The van der Waals surface area contributed by atoms with Crippen LogP contribution >= 0.6 is 0 Å². The zero-order chi connectivity index (χ0) is 22.7. The van der Waals surface area contributed by atoms with Gasteiger partial charge in [-0.05, 0) is 11.5 Å². The molecule has 0 saturated carbocycles. The molecule has 3 aliphatic heterocycles. The number of amides is 1. The van der Waals surface area contributed by atoms with E-state index < -0.39 is 5.41 Å². The summed E-state index contributed by atoms with van der Waals surface area (Å²) in [5, 5.41) is 10.1. The molecule has 32 heavy (non-hydrogen) atoms. The summed E-state index contributed by atoms with van der Waals surface area (Å²) in [5.74, 6) is -0.200. The summed E-state index contributed by atoms with van der Waals surface area (Å²) in [6.07, 6.45) is 0.739. The van der Waals surface area contributed by atoms with Crippen molar-refractivity contribution in [3.05, 3.63) is 52.6 Å². The number of hydrogen-bond donors (Lipinski definition) is 1. The fourth-order valence-electron chi connectivity index (χ4n) is 5.42. The molecule has 0 radical (unpaired) electrons. The highest BCUT2D eigenvalue weighted by molar-refractivity contribution is 6.20. The number of carbonyl (C=O) groups is 2. The number of carbonyl (C=O) groups excluding carboxylic acids is 2. The normalized spacial score (nSPS) is 27.3. The van der Waals surface area contributed by atoms with Gasteiger partial charge in [-0.15, -0.1) is 0 Å². The van der Waals surface area contributed by atoms with Crippen LogP contribution in [0, 0.1) is 16.7 Å². The number of nitrogens with two attached hydrogens (primary N) is 1. The van der Waals surface area contributed by atoms with E-state index in [-0.39, 0.29) is 40.6 Å². The molecule has 166 valence electrons. The SMILES string of the molecule is CC1(C)CC(=O)C2=C(C1)OC(N)=C(C#N)[C@@]21C(=O)N(CN2CCOCC2)c2ccccc21. The van der Waals surface area contributed by atoms with Gasteiger partial charge in [0, 0.05) is 31.5 Å². The molecule has 1 spiro atoms. The van der Waals surface area contributed by atoms with E-state index in [1.54, 1.807) is 4.90 Å². The minimum atomic E-state index is -1.57. The molecule has 1 fully saturated rings. The van der Waals surface area contributed by atoms with Crippen LogP contribution in [0.1, 0.15) is 32.3 Å². The largest absolute Gasteiger partial charge is 0.444 e. The molecule has 1 aliphatic carbocycles. The molecular weight excluding hydrogens is 408 g/mol. The van der Waals surface area contributed by atoms with E-state index in [1.165, 1.54) is 0 Å². The first-order chi connectivity index (χ1) is 15.3. The second-order valence-corrected chi connectivity index (χ2v) is 9.56. The second kappa shape index (κ2) is 7.19. The number of ether oxygens (including phenoxy) is 2. The molecule has 2 N–H and O–H groups in total. The Balaban J connectivity index is 1.72. The number of allylic oxidation sites excluding steroid dienone is 1. The molecule has 0 bridgehead atoms. The third-order valence-corrected chi connectivity index (χ3v) is 6.79. The van der Waals surface area contributed by atoms with Crippen LogP contribution in [0.3, 0.4) is 0 Å². The molecule has 8 heteroatoms. The Kier molecular flexibility index (Phi) is 4.66. The standard InChI is InChI=1S/C24H26N4O4/c1-23(2)11-18(29)20-19(12-23)32-21(26)16(13-25)24(20)15-5-3-4-6-17(15)28(22(24)30)14-27-7-9-31-10-8-27/h3-6H,7-12,14,26H2,1-2H3/t24-/m1/s1. The van der Waals surface area contributed by atoms with Gasteiger partial charge in [-0.25, -0.2) is 0 Å². The number of hydrogen-bond acceptors (Lipinski definition) is 7. The van der Waals surface area contributed by atoms with Crippen LogP contribution in [0.2, 0.25) is 0 Å². The number of benzene rings is 1. The topological polar surface area (TPSA) is 109 Å². The number of nitriles is 1. The fraction of sp³-hybridized carbons (Fsp3) is 0.458. The van der Waals surface area contributed by atoms with Gasteiger partial charge < -0.3 is 15.2 Å². The van der Waals surface area contributed by atoms with Crippen LogP contribution in [0.15, 0.2) is 47.1 Å². The summed E-state index contributed by atoms with van der Waals surface area (Å²) in [5.41, 5.74) is 5.90. The maximum atomic E-state index is 14.3. The van der Waals surface area contributed by atoms with E-state index in [0.717, 1.165) is 0 Å². The average molecular weight is 434 g/mol. The van der Waals surface area contributed by atoms with Crippen molar-refractivity contribution in [2.24, 2.45) is 11.1 Å². The smallest absolute Gasteiger partial charge is 0.249 e. The van der Waals surface area contributed by atoms with Crippen molar-refractivity contribution in [3.8, 4) is 6.07 Å². The summed E-state index contributed by atoms with van der Waals surface area (Å²) in [6, 6.07) is 9.48. The lowest BCUT2D eigenvalue weighted by Crippen LogP contribution is -2.52. The highest BCUT2D eigenvalue weighted by atomic mass is 16.5. The summed E-state index contributed by atoms with van der Waals surface area (Å²) in [6.45, 7) is 6.92. The van der Waals surface area contributed by atoms with Gasteiger partial charge in [-0.1, -0.05) is 32.0 Å². The molecule has 5 rings (SSSR count). The summed E-state index contributed by atoms with van der Waals surface area (Å²) < 4.78 is 11.3. The van der Waals surface area contributed by atoms with Gasteiger partial charge in [-0.2, -0.15) is 5.26 Å². The summed E-state index contributed by atoms with van der Waals surface area (Å²) in [7, 11) is 0. The molecule has 3 heterocycles. The highest BCUT2D eigenvalue weighted by Gasteiger charge is 2.63. The van der Waals surface area contributed by atoms with E-state index in [4.69, 9.17) is 15.2 Å². The lowest BCUT2D eigenvalue weighted by atomic mass is 9.62. The van der Waals surface area contributed by atoms with Gasteiger partial charge in [0.15, 0.2) is 5.78 Å². The van der Waals surface area contributed by atoms with Crippen LogP contribution < -0.4 is 10.6 Å². The molecule has 1 saturated heterocycles. The number of Topliss-reactive ketones (excluding diaryl/α,β-unsaturated/α-hetero) is 1. The van der Waals surface area contributed by atoms with E-state index in [1.807, 2.05) is 38.1 Å². The van der Waals surface area contributed by atoms with E-state index in [2.05, 4.69) is 11.0 Å². The number of rotatable bonds is 2. The monoisotopic (exact) mass is 434 g/mol. The van der Waals surface area contributed by atoms with Gasteiger partial charge >= 0.3 is 0 Å². The molecule has 1 aromatic rings. The number of morpholine rings is 1. The number of ketones is 1. The zero-order valence-electron chi connectivity index (χ0n) is 18.3. The molecule has 0 aromatic heterocycles. The van der Waals surface area contributed by atoms with Crippen LogP contribution in [-0.2, 0) is 24.5 Å². The fourth-order valence-corrected chi connectivity index (χ4v) is 5.42. The first-order valence-electron chi connectivity index (χ1n) is 10.9. The van der Waals surface area contributed by atoms with Crippen LogP contribution in [0.5, 0.6) is 0 Å². The van der Waals surface area contributed by atoms with Crippen molar-refractivity contribution in [2.45, 2.75) is 32.1 Å². The maximum Gasteiger partial charge on any atom is 0.249 e. The van der Waals surface area contributed by atoms with Gasteiger partial charge in [0.25, 0.3) is 0 Å². The minimum absolute atomic E-state index is 0.00812. The summed E-state index contributed by atoms with van der Waals surface area (Å²) >= 11 is 0. The van der Waals surface area contributed by atoms with Gasteiger partial charge in [0.05, 0.1) is 31.1 Å². The van der Waals surface area contributed by atoms with Crippen molar-refractivity contribution in [2.75, 3.05) is 37.9 Å². The summed E-state index contributed by atoms with van der Waals surface area (Å²) in [4.78, 5) is 31.6. The predicted octanol–water partition coefficient (Wildman–Crippen LogP) is 1.93. The van der Waals surface area contributed by atoms with Crippen molar-refractivity contribution in [1.82, 2.24) is 4.90 Å². The van der Waals surface area contributed by atoms with Gasteiger partial charge in [0.2, 0.25) is 11.8 Å². The molecule has 1 amide bonds. The first-order valence-corrected chi connectivity index (χ1v) is 10.9.